The van der Waals surface area contributed by atoms with Gasteiger partial charge >= 0.3 is 6.18 Å². The Labute approximate surface area is 148 Å². The Bertz CT molecular complexity index is 793. The van der Waals surface area contributed by atoms with E-state index in [-0.39, 0.29) is 5.56 Å². The minimum absolute atomic E-state index is 0.120. The predicted molar refractivity (Wildman–Crippen MR) is 91.3 cm³/mol. The van der Waals surface area contributed by atoms with Gasteiger partial charge in [0.15, 0.2) is 5.88 Å². The van der Waals surface area contributed by atoms with Gasteiger partial charge in [-0.3, -0.25) is 4.79 Å². The highest BCUT2D eigenvalue weighted by Crippen LogP contribution is 2.29. The third-order valence-electron chi connectivity index (χ3n) is 4.09. The Morgan fingerprint density at radius 3 is 2.65 bits per heavy atom. The van der Waals surface area contributed by atoms with Gasteiger partial charge in [-0.15, -0.1) is 0 Å². The normalized spacial score (nSPS) is 15.4. The van der Waals surface area contributed by atoms with E-state index in [4.69, 9.17) is 4.42 Å². The molecule has 3 rings (SSSR count). The number of benzene rings is 1. The summed E-state index contributed by atoms with van der Waals surface area (Å²) < 4.78 is 43.7. The minimum atomic E-state index is -4.50. The average molecular weight is 365 g/mol. The predicted octanol–water partition coefficient (Wildman–Crippen LogP) is 4.05. The number of alkyl halides is 3. The van der Waals surface area contributed by atoms with Gasteiger partial charge in [0.25, 0.3) is 5.91 Å². The van der Waals surface area contributed by atoms with E-state index in [9.17, 15) is 18.0 Å². The molecular formula is C18H18F3N3O2. The summed E-state index contributed by atoms with van der Waals surface area (Å²) >= 11 is 0. The van der Waals surface area contributed by atoms with Gasteiger partial charge in [-0.05, 0) is 43.5 Å². The van der Waals surface area contributed by atoms with Crippen LogP contribution in [0.25, 0.3) is 0 Å². The van der Waals surface area contributed by atoms with E-state index in [1.807, 2.05) is 6.07 Å². The van der Waals surface area contributed by atoms with E-state index in [0.717, 1.165) is 43.9 Å². The van der Waals surface area contributed by atoms with Crippen LogP contribution in [0, 0.1) is 0 Å². The van der Waals surface area contributed by atoms with Gasteiger partial charge in [0.2, 0.25) is 0 Å². The number of anilines is 1. The average Bonchev–Trinajstić information content (AvgIpc) is 3.11. The van der Waals surface area contributed by atoms with Crippen LogP contribution in [0.4, 0.5) is 19.1 Å². The second-order valence-corrected chi connectivity index (χ2v) is 6.00. The number of nitrogens with one attached hydrogen (secondary N) is 1. The zero-order chi connectivity index (χ0) is 18.6. The Hall–Kier alpha value is -2.77. The van der Waals surface area contributed by atoms with Crippen molar-refractivity contribution in [2.45, 2.75) is 25.4 Å². The van der Waals surface area contributed by atoms with Gasteiger partial charge in [0.05, 0.1) is 11.8 Å². The second kappa shape index (κ2) is 7.63. The van der Waals surface area contributed by atoms with Crippen molar-refractivity contribution in [2.75, 3.05) is 18.0 Å². The highest BCUT2D eigenvalue weighted by atomic mass is 19.4. The molecule has 5 nitrogen and oxygen atoms in total. The number of halogens is 3. The fraction of sp³-hybridized carbons (Fsp3) is 0.333. The Morgan fingerprint density at radius 1 is 1.15 bits per heavy atom. The van der Waals surface area contributed by atoms with Crippen LogP contribution in [0.15, 0.2) is 45.9 Å². The van der Waals surface area contributed by atoms with Gasteiger partial charge in [-0.1, -0.05) is 6.07 Å². The Kier molecular flexibility index (Phi) is 5.29. The van der Waals surface area contributed by atoms with Gasteiger partial charge in [0.1, 0.15) is 5.76 Å². The smallest absolute Gasteiger partial charge is 0.416 e. The minimum Gasteiger partial charge on any atom is -0.440 e. The standard InChI is InChI=1S/C18H18F3N3O2/c19-18(20,21)14-6-4-5-13(11-14)17(25)23-22-12-15-7-8-16(26-15)24-9-2-1-3-10-24/h4-8,11-12H,1-3,9-10H2,(H,23,25)/b22-12-. The van der Waals surface area contributed by atoms with Crippen molar-refractivity contribution in [1.82, 2.24) is 5.43 Å². The highest BCUT2D eigenvalue weighted by Gasteiger charge is 2.30. The molecule has 0 spiro atoms. The number of carbonyl (C=O) groups is 1. The maximum Gasteiger partial charge on any atom is 0.416 e. The second-order valence-electron chi connectivity index (χ2n) is 6.00. The summed E-state index contributed by atoms with van der Waals surface area (Å²) in [6.07, 6.45) is 0.277. The molecule has 1 aromatic heterocycles. The molecule has 0 bridgehead atoms. The summed E-state index contributed by atoms with van der Waals surface area (Å²) in [6.45, 7) is 1.88. The topological polar surface area (TPSA) is 57.8 Å². The van der Waals surface area contributed by atoms with E-state index in [1.165, 1.54) is 24.8 Å². The van der Waals surface area contributed by atoms with Crippen LogP contribution in [0.2, 0.25) is 0 Å². The largest absolute Gasteiger partial charge is 0.440 e. The fourth-order valence-electron chi connectivity index (χ4n) is 2.75. The maximum atomic E-state index is 12.7. The van der Waals surface area contributed by atoms with E-state index >= 15 is 0 Å². The monoisotopic (exact) mass is 365 g/mol. The summed E-state index contributed by atoms with van der Waals surface area (Å²) in [4.78, 5) is 14.1. The number of hydrazone groups is 1. The van der Waals surface area contributed by atoms with Crippen LogP contribution in [-0.4, -0.2) is 25.2 Å². The maximum absolute atomic E-state index is 12.7. The molecule has 2 aromatic rings. The first-order valence-electron chi connectivity index (χ1n) is 8.29. The zero-order valence-electron chi connectivity index (χ0n) is 13.9. The first-order chi connectivity index (χ1) is 12.4. The molecule has 1 aliphatic rings. The van der Waals surface area contributed by atoms with Crippen LogP contribution < -0.4 is 10.3 Å². The van der Waals surface area contributed by atoms with Crippen LogP contribution in [0.3, 0.4) is 0 Å². The third-order valence-corrected chi connectivity index (χ3v) is 4.09. The summed E-state index contributed by atoms with van der Waals surface area (Å²) in [5, 5.41) is 3.75. The molecule has 1 aromatic carbocycles. The van der Waals surface area contributed by atoms with Crippen molar-refractivity contribution in [3.63, 3.8) is 0 Å². The number of nitrogens with zero attached hydrogens (tertiary/aromatic N) is 2. The molecule has 0 saturated carbocycles. The van der Waals surface area contributed by atoms with Crippen molar-refractivity contribution in [3.8, 4) is 0 Å². The van der Waals surface area contributed by atoms with Crippen molar-refractivity contribution in [1.29, 1.82) is 0 Å². The molecule has 0 atom stereocenters. The van der Waals surface area contributed by atoms with Crippen molar-refractivity contribution < 1.29 is 22.4 Å². The van der Waals surface area contributed by atoms with E-state index < -0.39 is 17.6 Å². The summed E-state index contributed by atoms with van der Waals surface area (Å²) in [5.74, 6) is 0.473. The molecule has 8 heteroatoms. The van der Waals surface area contributed by atoms with Crippen molar-refractivity contribution in [2.24, 2.45) is 5.10 Å². The molecule has 1 N–H and O–H groups in total. The van der Waals surface area contributed by atoms with E-state index in [1.54, 1.807) is 6.07 Å². The molecule has 1 amide bonds. The first-order valence-corrected chi connectivity index (χ1v) is 8.29. The lowest BCUT2D eigenvalue weighted by molar-refractivity contribution is -0.137. The SMILES string of the molecule is O=C(N/N=C\c1ccc(N2CCCCC2)o1)c1cccc(C(F)(F)F)c1. The van der Waals surface area contributed by atoms with Crippen LogP contribution in [-0.2, 0) is 6.18 Å². The lowest BCUT2D eigenvalue weighted by Gasteiger charge is -2.25. The molecule has 138 valence electrons. The number of hydrogen-bond donors (Lipinski definition) is 1. The van der Waals surface area contributed by atoms with Crippen molar-refractivity contribution >= 4 is 18.0 Å². The Balaban J connectivity index is 1.60. The summed E-state index contributed by atoms with van der Waals surface area (Å²) in [7, 11) is 0. The molecule has 1 aliphatic heterocycles. The molecule has 0 unspecified atom stereocenters. The summed E-state index contributed by atoms with van der Waals surface area (Å²) in [6, 6.07) is 7.72. The van der Waals surface area contributed by atoms with Crippen LogP contribution in [0.5, 0.6) is 0 Å². The van der Waals surface area contributed by atoms with Gasteiger partial charge in [0, 0.05) is 24.7 Å². The van der Waals surface area contributed by atoms with E-state index in [0.29, 0.717) is 5.76 Å². The van der Waals surface area contributed by atoms with Gasteiger partial charge in [-0.2, -0.15) is 18.3 Å². The van der Waals surface area contributed by atoms with Crippen LogP contribution >= 0.6 is 0 Å². The lowest BCUT2D eigenvalue weighted by atomic mass is 10.1. The van der Waals surface area contributed by atoms with Crippen molar-refractivity contribution in [3.05, 3.63) is 53.3 Å². The number of hydrogen-bond acceptors (Lipinski definition) is 4. The first kappa shape index (κ1) is 18.0. The Morgan fingerprint density at radius 2 is 1.92 bits per heavy atom. The number of rotatable bonds is 4. The fourth-order valence-corrected chi connectivity index (χ4v) is 2.75. The molecule has 0 radical (unpaired) electrons. The van der Waals surface area contributed by atoms with Gasteiger partial charge < -0.3 is 9.32 Å². The number of amides is 1. The molecule has 1 saturated heterocycles. The third kappa shape index (κ3) is 4.44. The molecule has 2 heterocycles. The quantitative estimate of drug-likeness (QED) is 0.657. The van der Waals surface area contributed by atoms with Gasteiger partial charge in [-0.25, -0.2) is 5.43 Å². The number of piperidine rings is 1. The molecule has 26 heavy (non-hydrogen) atoms. The summed E-state index contributed by atoms with van der Waals surface area (Å²) in [5.41, 5.74) is 1.20. The zero-order valence-corrected chi connectivity index (χ0v) is 13.9. The number of furan rings is 1. The van der Waals surface area contributed by atoms with Crippen LogP contribution in [0.1, 0.15) is 40.9 Å². The molecule has 1 fully saturated rings. The lowest BCUT2D eigenvalue weighted by Crippen LogP contribution is -2.28. The van der Waals surface area contributed by atoms with E-state index in [2.05, 4.69) is 15.4 Å². The molecule has 0 aliphatic carbocycles. The number of carbonyl (C=O) groups excluding carboxylic acids is 1. The molecular weight excluding hydrogens is 347 g/mol. The highest BCUT2D eigenvalue weighted by molar-refractivity contribution is 5.94.